The molecule has 36 heavy (non-hydrogen) atoms. The van der Waals surface area contributed by atoms with Crippen molar-refractivity contribution in [3.8, 4) is 5.69 Å². The normalized spacial score (nSPS) is 17.5. The second kappa shape index (κ2) is 12.2. The van der Waals surface area contributed by atoms with Crippen LogP contribution in [0.2, 0.25) is 0 Å². The van der Waals surface area contributed by atoms with Crippen molar-refractivity contribution in [1.82, 2.24) is 29.5 Å². The van der Waals surface area contributed by atoms with Crippen molar-refractivity contribution >= 4 is 17.6 Å². The molecule has 3 N–H and O–H groups in total. The van der Waals surface area contributed by atoms with Gasteiger partial charge < -0.3 is 20.4 Å². The quantitative estimate of drug-likeness (QED) is 0.419. The number of pyridine rings is 1. The van der Waals surface area contributed by atoms with Gasteiger partial charge in [0.05, 0.1) is 0 Å². The summed E-state index contributed by atoms with van der Waals surface area (Å²) in [7, 11) is 0. The number of fused-ring (bicyclic) bond motifs is 1. The number of piperazine rings is 1. The topological polar surface area (TPSA) is 137 Å². The Morgan fingerprint density at radius 3 is 2.39 bits per heavy atom. The highest BCUT2D eigenvalue weighted by atomic mass is 16.4. The Bertz CT molecular complexity index is 1120. The average molecular weight is 494 g/mol. The number of nitrogens with zero attached hydrogens (tertiary/aromatic N) is 6. The predicted molar refractivity (Wildman–Crippen MR) is 133 cm³/mol. The van der Waals surface area contributed by atoms with Gasteiger partial charge in [-0.1, -0.05) is 6.07 Å². The van der Waals surface area contributed by atoms with Gasteiger partial charge in [0.1, 0.15) is 12.7 Å². The van der Waals surface area contributed by atoms with Crippen LogP contribution in [-0.2, 0) is 16.1 Å². The number of carboxylic acid groups (broad SMARTS) is 2. The molecule has 1 fully saturated rings. The van der Waals surface area contributed by atoms with Gasteiger partial charge in [-0.3, -0.25) is 14.5 Å². The summed E-state index contributed by atoms with van der Waals surface area (Å²) in [5.41, 5.74) is 5.16. The van der Waals surface area contributed by atoms with Crippen molar-refractivity contribution in [3.63, 3.8) is 0 Å². The lowest BCUT2D eigenvalue weighted by atomic mass is 9.95. The fourth-order valence-electron chi connectivity index (χ4n) is 4.63. The third-order valence-corrected chi connectivity index (χ3v) is 6.53. The molecule has 0 amide bonds. The lowest BCUT2D eigenvalue weighted by molar-refractivity contribution is -0.159. The molecule has 0 spiro atoms. The summed E-state index contributed by atoms with van der Waals surface area (Å²) in [5, 5.41) is 26.2. The smallest absolute Gasteiger partial charge is 0.414 e. The molecule has 4 heterocycles. The maximum absolute atomic E-state index is 9.10. The van der Waals surface area contributed by atoms with Gasteiger partial charge in [-0.25, -0.2) is 9.59 Å². The van der Waals surface area contributed by atoms with Gasteiger partial charge in [-0.15, -0.1) is 10.2 Å². The number of carboxylic acids is 2. The standard InChI is InChI=1S/C23H29N7.C2H2O4/c1-3-19(14-24-7-1)16-29-11-9-28(10-12-29)8-2-4-20-15-25-23-6-5-21(13-22(20)23)30-17-26-27-18-30;3-1(4)2(5)6/h1,3,5-7,13-14,17-18,20,25H,2,4,8-12,15-16H2;(H,3,4)(H,5,6). The predicted octanol–water partition coefficient (Wildman–Crippen LogP) is 1.92. The van der Waals surface area contributed by atoms with E-state index in [1.807, 2.05) is 23.0 Å². The van der Waals surface area contributed by atoms with Gasteiger partial charge in [0.25, 0.3) is 0 Å². The molecule has 11 heteroatoms. The van der Waals surface area contributed by atoms with Gasteiger partial charge in [0.15, 0.2) is 0 Å². The molecule has 1 aromatic carbocycles. The number of hydrogen-bond acceptors (Lipinski definition) is 8. The summed E-state index contributed by atoms with van der Waals surface area (Å²) in [6.45, 7) is 7.86. The van der Waals surface area contributed by atoms with E-state index in [0.717, 1.165) is 45.0 Å². The number of anilines is 1. The molecule has 2 aromatic heterocycles. The van der Waals surface area contributed by atoms with E-state index in [-0.39, 0.29) is 0 Å². The van der Waals surface area contributed by atoms with Gasteiger partial charge in [-0.2, -0.15) is 0 Å². The highest BCUT2D eigenvalue weighted by Gasteiger charge is 2.23. The summed E-state index contributed by atoms with van der Waals surface area (Å²) >= 11 is 0. The van der Waals surface area contributed by atoms with Gasteiger partial charge in [-0.05, 0) is 54.8 Å². The molecule has 0 aliphatic carbocycles. The number of aromatic nitrogens is 4. The van der Waals surface area contributed by atoms with E-state index in [1.165, 1.54) is 36.2 Å². The molecule has 0 radical (unpaired) electrons. The molecule has 3 aromatic rings. The molecule has 1 unspecified atom stereocenters. The van der Waals surface area contributed by atoms with Crippen LogP contribution >= 0.6 is 0 Å². The second-order valence-corrected chi connectivity index (χ2v) is 8.95. The molecular weight excluding hydrogens is 462 g/mol. The third-order valence-electron chi connectivity index (χ3n) is 6.53. The molecule has 2 aliphatic rings. The van der Waals surface area contributed by atoms with Gasteiger partial charge in [0.2, 0.25) is 0 Å². The summed E-state index contributed by atoms with van der Waals surface area (Å²) in [5.74, 6) is -3.06. The first kappa shape index (κ1) is 25.3. The molecule has 0 saturated carbocycles. The largest absolute Gasteiger partial charge is 0.473 e. The summed E-state index contributed by atoms with van der Waals surface area (Å²) < 4.78 is 1.97. The summed E-state index contributed by atoms with van der Waals surface area (Å²) in [6.07, 6.45) is 9.80. The fraction of sp³-hybridized carbons (Fsp3) is 0.400. The van der Waals surface area contributed by atoms with E-state index < -0.39 is 11.9 Å². The molecule has 1 saturated heterocycles. The number of benzene rings is 1. The Hall–Kier alpha value is -3.83. The van der Waals surface area contributed by atoms with Gasteiger partial charge in [0, 0.05) is 69.0 Å². The monoisotopic (exact) mass is 493 g/mol. The summed E-state index contributed by atoms with van der Waals surface area (Å²) in [4.78, 5) is 27.6. The molecule has 11 nitrogen and oxygen atoms in total. The van der Waals surface area contributed by atoms with Crippen LogP contribution in [0.5, 0.6) is 0 Å². The first-order chi connectivity index (χ1) is 17.5. The maximum Gasteiger partial charge on any atom is 0.414 e. The maximum atomic E-state index is 9.10. The average Bonchev–Trinajstić information content (AvgIpc) is 3.56. The van der Waals surface area contributed by atoms with Crippen molar-refractivity contribution in [2.75, 3.05) is 44.6 Å². The van der Waals surface area contributed by atoms with E-state index in [2.05, 4.69) is 54.6 Å². The SMILES string of the molecule is O=C(O)C(=O)O.c1cncc(CN2CCN(CCCC3CNc4ccc(-n5cnnc5)cc43)CC2)c1. The van der Waals surface area contributed by atoms with Crippen molar-refractivity contribution in [2.45, 2.75) is 25.3 Å². The first-order valence-electron chi connectivity index (χ1n) is 12.0. The molecule has 2 aliphatic heterocycles. The van der Waals surface area contributed by atoms with Crippen LogP contribution in [0.15, 0.2) is 55.4 Å². The zero-order chi connectivity index (χ0) is 25.3. The van der Waals surface area contributed by atoms with Crippen molar-refractivity contribution < 1.29 is 19.8 Å². The minimum Gasteiger partial charge on any atom is -0.473 e. The van der Waals surface area contributed by atoms with Crippen LogP contribution in [0.3, 0.4) is 0 Å². The van der Waals surface area contributed by atoms with Crippen LogP contribution in [-0.4, -0.2) is 91.0 Å². The van der Waals surface area contributed by atoms with E-state index >= 15 is 0 Å². The van der Waals surface area contributed by atoms with Crippen LogP contribution in [0.25, 0.3) is 5.69 Å². The fourth-order valence-corrected chi connectivity index (χ4v) is 4.63. The summed E-state index contributed by atoms with van der Waals surface area (Å²) in [6, 6.07) is 10.8. The highest BCUT2D eigenvalue weighted by molar-refractivity contribution is 6.27. The van der Waals surface area contributed by atoms with Crippen LogP contribution < -0.4 is 5.32 Å². The molecule has 5 rings (SSSR count). The van der Waals surface area contributed by atoms with E-state index in [9.17, 15) is 0 Å². The number of nitrogens with one attached hydrogen (secondary N) is 1. The first-order valence-corrected chi connectivity index (χ1v) is 12.0. The van der Waals surface area contributed by atoms with E-state index in [0.29, 0.717) is 5.92 Å². The van der Waals surface area contributed by atoms with Gasteiger partial charge >= 0.3 is 11.9 Å². The molecule has 190 valence electrons. The lowest BCUT2D eigenvalue weighted by Gasteiger charge is -2.34. The minimum atomic E-state index is -1.82. The van der Waals surface area contributed by atoms with Crippen LogP contribution in [0, 0.1) is 0 Å². The number of hydrogen-bond donors (Lipinski definition) is 3. The zero-order valence-corrected chi connectivity index (χ0v) is 20.0. The third kappa shape index (κ3) is 6.86. The second-order valence-electron chi connectivity index (χ2n) is 8.95. The number of rotatable bonds is 7. The van der Waals surface area contributed by atoms with Crippen molar-refractivity contribution in [2.24, 2.45) is 0 Å². The zero-order valence-electron chi connectivity index (χ0n) is 20.0. The minimum absolute atomic E-state index is 0.586. The molecule has 0 bridgehead atoms. The Balaban J connectivity index is 0.000000455. The van der Waals surface area contributed by atoms with Crippen molar-refractivity contribution in [1.29, 1.82) is 0 Å². The lowest BCUT2D eigenvalue weighted by Crippen LogP contribution is -2.46. The van der Waals surface area contributed by atoms with E-state index in [4.69, 9.17) is 19.8 Å². The number of carbonyl (C=O) groups is 2. The Kier molecular flexibility index (Phi) is 8.58. The molecule has 1 atom stereocenters. The highest BCUT2D eigenvalue weighted by Crippen LogP contribution is 2.35. The van der Waals surface area contributed by atoms with Crippen molar-refractivity contribution in [3.05, 3.63) is 66.5 Å². The van der Waals surface area contributed by atoms with E-state index in [1.54, 1.807) is 12.7 Å². The van der Waals surface area contributed by atoms with Crippen LogP contribution in [0.4, 0.5) is 5.69 Å². The Labute approximate surface area is 209 Å². The molecular formula is C25H31N7O4. The number of aliphatic carboxylic acids is 2. The Morgan fingerprint density at radius 2 is 1.72 bits per heavy atom. The Morgan fingerprint density at radius 1 is 1.00 bits per heavy atom. The van der Waals surface area contributed by atoms with Crippen LogP contribution in [0.1, 0.15) is 29.9 Å².